The number of rotatable bonds is 17. The lowest BCUT2D eigenvalue weighted by molar-refractivity contribution is -0.152. The van der Waals surface area contributed by atoms with E-state index in [1.54, 1.807) is 76.2 Å². The molecule has 1 fully saturated rings. The Balaban J connectivity index is 1.27. The molecule has 0 spiro atoms. The molecule has 0 aromatic heterocycles. The lowest BCUT2D eigenvalue weighted by Crippen LogP contribution is -2.36. The van der Waals surface area contributed by atoms with Crippen LogP contribution in [-0.4, -0.2) is 69.5 Å². The van der Waals surface area contributed by atoms with Crippen LogP contribution in [0.2, 0.25) is 5.02 Å². The number of ether oxygens (including phenoxy) is 6. The van der Waals surface area contributed by atoms with Gasteiger partial charge in [-0.1, -0.05) is 35.9 Å². The van der Waals surface area contributed by atoms with Crippen LogP contribution < -0.4 is 29.7 Å². The first kappa shape index (κ1) is 40.7. The molecule has 1 aliphatic heterocycles. The van der Waals surface area contributed by atoms with Crippen LogP contribution in [0, 0.1) is 0 Å². The number of esters is 2. The van der Waals surface area contributed by atoms with Gasteiger partial charge in [0.2, 0.25) is 0 Å². The van der Waals surface area contributed by atoms with Crippen molar-refractivity contribution in [2.45, 2.75) is 52.7 Å². The Bertz CT molecular complexity index is 1910. The van der Waals surface area contributed by atoms with E-state index in [4.69, 9.17) is 40.0 Å². The zero-order valence-corrected chi connectivity index (χ0v) is 32.4. The molecule has 1 aliphatic rings. The highest BCUT2D eigenvalue weighted by Crippen LogP contribution is 2.33. The Morgan fingerprint density at radius 2 is 1.58 bits per heavy atom. The Hall–Kier alpha value is -5.46. The molecule has 0 radical (unpaired) electrons. The summed E-state index contributed by atoms with van der Waals surface area (Å²) in [7, 11) is 0. The van der Waals surface area contributed by atoms with Crippen molar-refractivity contribution in [2.24, 2.45) is 0 Å². The van der Waals surface area contributed by atoms with Gasteiger partial charge < -0.3 is 44.0 Å². The summed E-state index contributed by atoms with van der Waals surface area (Å²) >= 11 is 6.04. The fourth-order valence-corrected chi connectivity index (χ4v) is 5.73. The van der Waals surface area contributed by atoms with Gasteiger partial charge >= 0.3 is 11.9 Å². The van der Waals surface area contributed by atoms with Crippen molar-refractivity contribution in [3.63, 3.8) is 0 Å². The van der Waals surface area contributed by atoms with Gasteiger partial charge in [0.05, 0.1) is 31.2 Å². The Kier molecular flexibility index (Phi) is 14.6. The number of aryl methyl sites for hydroxylation is 1. The van der Waals surface area contributed by atoms with Crippen LogP contribution >= 0.6 is 11.6 Å². The van der Waals surface area contributed by atoms with E-state index in [1.165, 1.54) is 0 Å². The maximum absolute atomic E-state index is 13.3. The molecule has 0 bridgehead atoms. The van der Waals surface area contributed by atoms with Crippen molar-refractivity contribution < 1.29 is 42.8 Å². The van der Waals surface area contributed by atoms with E-state index < -0.39 is 17.5 Å². The predicted octanol–water partition coefficient (Wildman–Crippen LogP) is 7.81. The number of hydrogen-bond acceptors (Lipinski definition) is 11. The first-order valence-corrected chi connectivity index (χ1v) is 18.6. The minimum atomic E-state index is -0.663. The van der Waals surface area contributed by atoms with Gasteiger partial charge in [-0.2, -0.15) is 0 Å². The van der Waals surface area contributed by atoms with E-state index >= 15 is 0 Å². The van der Waals surface area contributed by atoms with Crippen LogP contribution in [-0.2, 0) is 41.6 Å². The second-order valence-electron chi connectivity index (χ2n) is 13.7. The van der Waals surface area contributed by atoms with Gasteiger partial charge in [-0.3, -0.25) is 14.4 Å². The molecule has 0 saturated carbocycles. The average molecular weight is 774 g/mol. The number of halogens is 1. The number of carbonyl (C=O) groups excluding carboxylic acids is 3. The lowest BCUT2D eigenvalue weighted by atomic mass is 10.1. The molecule has 4 aromatic carbocycles. The molecular weight excluding hydrogens is 726 g/mol. The highest BCUT2D eigenvalue weighted by molar-refractivity contribution is 6.30. The molecule has 1 amide bonds. The fourth-order valence-electron chi connectivity index (χ4n) is 5.60. The summed E-state index contributed by atoms with van der Waals surface area (Å²) in [5, 5.41) is 6.58. The molecule has 13 heteroatoms. The molecule has 292 valence electrons. The van der Waals surface area contributed by atoms with Crippen LogP contribution in [0.5, 0.6) is 23.0 Å². The molecule has 0 unspecified atom stereocenters. The van der Waals surface area contributed by atoms with E-state index in [2.05, 4.69) is 15.5 Å². The van der Waals surface area contributed by atoms with Crippen LogP contribution in [0.25, 0.3) is 0 Å². The number of nitrogens with one attached hydrogen (secondary N) is 2. The first-order chi connectivity index (χ1) is 26.4. The number of carbonyl (C=O) groups is 3. The molecular formula is C42H48ClN3O9. The zero-order chi connectivity index (χ0) is 39.2. The van der Waals surface area contributed by atoms with Gasteiger partial charge in [0.1, 0.15) is 41.8 Å². The molecule has 1 heterocycles. The lowest BCUT2D eigenvalue weighted by Gasteiger charge is -2.29. The van der Waals surface area contributed by atoms with Crippen LogP contribution in [0.3, 0.4) is 0 Å². The molecule has 12 nitrogen and oxygen atoms in total. The fraction of sp³-hybridized carbons (Fsp3) is 0.357. The minimum Gasteiger partial charge on any atom is -0.488 e. The molecule has 4 aromatic rings. The molecule has 0 aliphatic carbocycles. The van der Waals surface area contributed by atoms with Crippen molar-refractivity contribution in [3.05, 3.63) is 101 Å². The molecule has 1 saturated heterocycles. The summed E-state index contributed by atoms with van der Waals surface area (Å²) in [5.74, 6) is 0.828. The maximum Gasteiger partial charge on any atom is 0.325 e. The Morgan fingerprint density at radius 1 is 0.836 bits per heavy atom. The van der Waals surface area contributed by atoms with Crippen molar-refractivity contribution in [1.82, 2.24) is 0 Å². The van der Waals surface area contributed by atoms with Gasteiger partial charge in [0.15, 0.2) is 6.61 Å². The predicted molar refractivity (Wildman–Crippen MR) is 212 cm³/mol. The SMILES string of the molecule is CCOC(=O)CCc1ccc(OCC(=O)Nc2ccc(Oc3cccc(N4CCOCC4)c3)cc2NCC(=O)OC(C)(C)C)cc1OCc1ccc(Cl)cc1. The van der Waals surface area contributed by atoms with E-state index in [9.17, 15) is 14.4 Å². The first-order valence-electron chi connectivity index (χ1n) is 18.2. The third-order valence-corrected chi connectivity index (χ3v) is 8.41. The normalized spacial score (nSPS) is 12.7. The van der Waals surface area contributed by atoms with E-state index in [1.807, 2.05) is 36.4 Å². The average Bonchev–Trinajstić information content (AvgIpc) is 3.16. The minimum absolute atomic E-state index is 0.145. The van der Waals surface area contributed by atoms with E-state index in [0.717, 1.165) is 29.9 Å². The van der Waals surface area contributed by atoms with Crippen LogP contribution in [0.4, 0.5) is 17.1 Å². The zero-order valence-electron chi connectivity index (χ0n) is 31.7. The van der Waals surface area contributed by atoms with Gasteiger partial charge in [0.25, 0.3) is 5.91 Å². The monoisotopic (exact) mass is 773 g/mol. The molecule has 5 rings (SSSR count). The van der Waals surface area contributed by atoms with Crippen LogP contribution in [0.15, 0.2) is 84.9 Å². The summed E-state index contributed by atoms with van der Waals surface area (Å²) in [6.07, 6.45) is 0.580. The molecule has 55 heavy (non-hydrogen) atoms. The highest BCUT2D eigenvalue weighted by atomic mass is 35.5. The number of anilines is 3. The summed E-state index contributed by atoms with van der Waals surface area (Å²) < 4.78 is 34.3. The summed E-state index contributed by atoms with van der Waals surface area (Å²) in [4.78, 5) is 40.2. The number of hydrogen-bond donors (Lipinski definition) is 2. The highest BCUT2D eigenvalue weighted by Gasteiger charge is 2.18. The van der Waals surface area contributed by atoms with Crippen molar-refractivity contribution in [2.75, 3.05) is 61.6 Å². The van der Waals surface area contributed by atoms with Crippen molar-refractivity contribution in [3.8, 4) is 23.0 Å². The van der Waals surface area contributed by atoms with Gasteiger partial charge in [-0.25, -0.2) is 0 Å². The number of amides is 1. The number of nitrogens with zero attached hydrogens (tertiary/aromatic N) is 1. The number of morpholine rings is 1. The topological polar surface area (TPSA) is 134 Å². The van der Waals surface area contributed by atoms with E-state index in [0.29, 0.717) is 65.6 Å². The molecule has 0 atom stereocenters. The number of benzene rings is 4. The van der Waals surface area contributed by atoms with Crippen molar-refractivity contribution >= 4 is 46.5 Å². The van der Waals surface area contributed by atoms with Crippen molar-refractivity contribution in [1.29, 1.82) is 0 Å². The Morgan fingerprint density at radius 3 is 2.33 bits per heavy atom. The van der Waals surface area contributed by atoms with E-state index in [-0.39, 0.29) is 32.1 Å². The second-order valence-corrected chi connectivity index (χ2v) is 14.1. The quantitative estimate of drug-likeness (QED) is 0.102. The van der Waals surface area contributed by atoms with Gasteiger partial charge in [-0.05, 0) is 87.7 Å². The summed E-state index contributed by atoms with van der Waals surface area (Å²) in [6, 6.07) is 25.4. The largest absolute Gasteiger partial charge is 0.488 e. The maximum atomic E-state index is 13.3. The summed E-state index contributed by atoms with van der Waals surface area (Å²) in [6.45, 7) is 10.2. The third-order valence-electron chi connectivity index (χ3n) is 8.16. The second kappa shape index (κ2) is 19.7. The Labute approximate surface area is 326 Å². The van der Waals surface area contributed by atoms with Gasteiger partial charge in [0, 0.05) is 48.4 Å². The third kappa shape index (κ3) is 13.4. The molecule has 2 N–H and O–H groups in total. The smallest absolute Gasteiger partial charge is 0.325 e. The standard InChI is InChI=1S/C42H48ClN3O9/c1-5-51-40(48)18-12-30-11-15-33(25-38(30)53-27-29-9-13-31(43)14-10-29)52-28-39(47)45-36-17-16-35(24-37(36)44-26-41(49)55-42(2,3)4)54-34-8-6-7-32(23-34)46-19-21-50-22-20-46/h6-11,13-17,23-25,44H,5,12,18-22,26-28H2,1-4H3,(H,45,47). The van der Waals surface area contributed by atoms with Crippen LogP contribution in [0.1, 0.15) is 45.2 Å². The summed E-state index contributed by atoms with van der Waals surface area (Å²) in [5.41, 5.74) is 2.91. The van der Waals surface area contributed by atoms with Gasteiger partial charge in [-0.15, -0.1) is 0 Å².